The Morgan fingerprint density at radius 3 is 2.96 bits per heavy atom. The second-order valence-electron chi connectivity index (χ2n) is 5.91. The summed E-state index contributed by atoms with van der Waals surface area (Å²) in [6, 6.07) is 4.91. The molecule has 1 aromatic heterocycles. The Balaban J connectivity index is 1.69. The number of amides is 1. The van der Waals surface area contributed by atoms with Gasteiger partial charge in [0.15, 0.2) is 12.2 Å². The number of nitrogens with two attached hydrogens (primary N) is 1. The SMILES string of the molecule is COc1cc(NC(=O)C(N)CC2CCC2)ccc1-c1cnco1. The van der Waals surface area contributed by atoms with Crippen molar-refractivity contribution < 1.29 is 13.9 Å². The van der Waals surface area contributed by atoms with E-state index in [0.29, 0.717) is 23.1 Å². The Kier molecular flexibility index (Phi) is 4.62. The van der Waals surface area contributed by atoms with E-state index in [9.17, 15) is 4.79 Å². The number of hydrogen-bond acceptors (Lipinski definition) is 5. The summed E-state index contributed by atoms with van der Waals surface area (Å²) in [6.45, 7) is 0. The molecule has 3 rings (SSSR count). The number of carbonyl (C=O) groups excluding carboxylic acids is 1. The smallest absolute Gasteiger partial charge is 0.241 e. The highest BCUT2D eigenvalue weighted by Gasteiger charge is 2.24. The van der Waals surface area contributed by atoms with Crippen LogP contribution in [0, 0.1) is 5.92 Å². The molecule has 0 aliphatic heterocycles. The summed E-state index contributed by atoms with van der Waals surface area (Å²) in [6.07, 6.45) is 7.34. The maximum atomic E-state index is 12.2. The van der Waals surface area contributed by atoms with E-state index in [1.807, 2.05) is 6.07 Å². The van der Waals surface area contributed by atoms with Crippen molar-refractivity contribution in [3.05, 3.63) is 30.8 Å². The Labute approximate surface area is 135 Å². The normalized spacial score (nSPS) is 15.7. The van der Waals surface area contributed by atoms with Crippen LogP contribution in [0.2, 0.25) is 0 Å². The van der Waals surface area contributed by atoms with Gasteiger partial charge in [-0.05, 0) is 24.5 Å². The first kappa shape index (κ1) is 15.6. The van der Waals surface area contributed by atoms with E-state index in [1.54, 1.807) is 25.4 Å². The van der Waals surface area contributed by atoms with Gasteiger partial charge in [-0.25, -0.2) is 4.98 Å². The minimum absolute atomic E-state index is 0.161. The third kappa shape index (κ3) is 3.53. The van der Waals surface area contributed by atoms with Gasteiger partial charge < -0.3 is 20.2 Å². The third-order valence-electron chi connectivity index (χ3n) is 4.32. The number of hydrogen-bond donors (Lipinski definition) is 2. The van der Waals surface area contributed by atoms with Crippen LogP contribution in [-0.2, 0) is 4.79 Å². The van der Waals surface area contributed by atoms with Gasteiger partial charge in [-0.15, -0.1) is 0 Å². The van der Waals surface area contributed by atoms with Crippen molar-refractivity contribution in [1.82, 2.24) is 4.98 Å². The molecule has 0 bridgehead atoms. The summed E-state index contributed by atoms with van der Waals surface area (Å²) in [5, 5.41) is 2.85. The summed E-state index contributed by atoms with van der Waals surface area (Å²) in [5.41, 5.74) is 7.42. The van der Waals surface area contributed by atoms with E-state index < -0.39 is 6.04 Å². The van der Waals surface area contributed by atoms with Crippen molar-refractivity contribution >= 4 is 11.6 Å². The van der Waals surface area contributed by atoms with E-state index in [2.05, 4.69) is 10.3 Å². The van der Waals surface area contributed by atoms with E-state index in [4.69, 9.17) is 14.9 Å². The Hall–Kier alpha value is -2.34. The van der Waals surface area contributed by atoms with Crippen LogP contribution >= 0.6 is 0 Å². The van der Waals surface area contributed by atoms with Gasteiger partial charge in [-0.1, -0.05) is 19.3 Å². The van der Waals surface area contributed by atoms with Gasteiger partial charge in [-0.3, -0.25) is 4.79 Å². The summed E-state index contributed by atoms with van der Waals surface area (Å²) < 4.78 is 10.7. The number of aromatic nitrogens is 1. The van der Waals surface area contributed by atoms with Gasteiger partial charge in [0.2, 0.25) is 5.91 Å². The zero-order valence-corrected chi connectivity index (χ0v) is 13.1. The molecule has 1 saturated carbocycles. The van der Waals surface area contributed by atoms with Crippen molar-refractivity contribution in [3.63, 3.8) is 0 Å². The van der Waals surface area contributed by atoms with E-state index >= 15 is 0 Å². The number of nitrogens with zero attached hydrogens (tertiary/aromatic N) is 1. The van der Waals surface area contributed by atoms with Crippen LogP contribution in [-0.4, -0.2) is 24.0 Å². The molecule has 1 aromatic carbocycles. The van der Waals surface area contributed by atoms with Crippen LogP contribution in [0.1, 0.15) is 25.7 Å². The fourth-order valence-corrected chi connectivity index (χ4v) is 2.75. The third-order valence-corrected chi connectivity index (χ3v) is 4.32. The quantitative estimate of drug-likeness (QED) is 0.855. The molecule has 122 valence electrons. The van der Waals surface area contributed by atoms with Crippen LogP contribution in [0.3, 0.4) is 0 Å². The van der Waals surface area contributed by atoms with Gasteiger partial charge >= 0.3 is 0 Å². The van der Waals surface area contributed by atoms with Crippen molar-refractivity contribution in [2.75, 3.05) is 12.4 Å². The maximum Gasteiger partial charge on any atom is 0.241 e. The number of methoxy groups -OCH3 is 1. The van der Waals surface area contributed by atoms with Crippen molar-refractivity contribution in [3.8, 4) is 17.1 Å². The Morgan fingerprint density at radius 1 is 1.52 bits per heavy atom. The van der Waals surface area contributed by atoms with Gasteiger partial charge in [0.1, 0.15) is 5.75 Å². The van der Waals surface area contributed by atoms with Gasteiger partial charge in [0.05, 0.1) is 24.9 Å². The van der Waals surface area contributed by atoms with Crippen LogP contribution in [0.4, 0.5) is 5.69 Å². The standard InChI is InChI=1S/C17H21N3O3/c1-22-15-8-12(5-6-13(15)16-9-19-10-23-16)20-17(21)14(18)7-11-3-2-4-11/h5-6,8-11,14H,2-4,7,18H2,1H3,(H,20,21). The molecule has 0 radical (unpaired) electrons. The molecule has 6 heteroatoms. The molecule has 23 heavy (non-hydrogen) atoms. The van der Waals surface area contributed by atoms with Crippen LogP contribution < -0.4 is 15.8 Å². The lowest BCUT2D eigenvalue weighted by Crippen LogP contribution is -2.38. The number of oxazole rings is 1. The molecule has 1 unspecified atom stereocenters. The highest BCUT2D eigenvalue weighted by Crippen LogP contribution is 2.33. The number of carbonyl (C=O) groups is 1. The molecule has 6 nitrogen and oxygen atoms in total. The second-order valence-corrected chi connectivity index (χ2v) is 5.91. The lowest BCUT2D eigenvalue weighted by molar-refractivity contribution is -0.117. The van der Waals surface area contributed by atoms with Crippen LogP contribution in [0.15, 0.2) is 35.2 Å². The average Bonchev–Trinajstić information content (AvgIpc) is 3.04. The lowest BCUT2D eigenvalue weighted by Gasteiger charge is -2.27. The van der Waals surface area contributed by atoms with Crippen molar-refractivity contribution in [2.24, 2.45) is 11.7 Å². The first-order valence-electron chi connectivity index (χ1n) is 7.80. The number of rotatable bonds is 6. The molecule has 1 heterocycles. The largest absolute Gasteiger partial charge is 0.496 e. The summed E-state index contributed by atoms with van der Waals surface area (Å²) in [4.78, 5) is 16.1. The minimum atomic E-state index is -0.472. The molecule has 3 N–H and O–H groups in total. The summed E-state index contributed by atoms with van der Waals surface area (Å²) in [7, 11) is 1.57. The van der Waals surface area contributed by atoms with Crippen molar-refractivity contribution in [2.45, 2.75) is 31.7 Å². The van der Waals surface area contributed by atoms with Crippen LogP contribution in [0.5, 0.6) is 5.75 Å². The number of anilines is 1. The molecule has 1 atom stereocenters. The fraction of sp³-hybridized carbons (Fsp3) is 0.412. The molecule has 1 aliphatic carbocycles. The predicted octanol–water partition coefficient (Wildman–Crippen LogP) is 2.81. The average molecular weight is 315 g/mol. The summed E-state index contributed by atoms with van der Waals surface area (Å²) >= 11 is 0. The highest BCUT2D eigenvalue weighted by molar-refractivity contribution is 5.95. The fourth-order valence-electron chi connectivity index (χ4n) is 2.75. The number of ether oxygens (including phenoxy) is 1. The Bertz CT molecular complexity index is 666. The van der Waals surface area contributed by atoms with E-state index in [-0.39, 0.29) is 5.91 Å². The zero-order chi connectivity index (χ0) is 16.2. The van der Waals surface area contributed by atoms with Crippen molar-refractivity contribution in [1.29, 1.82) is 0 Å². The number of benzene rings is 1. The lowest BCUT2D eigenvalue weighted by atomic mass is 9.81. The monoisotopic (exact) mass is 315 g/mol. The highest BCUT2D eigenvalue weighted by atomic mass is 16.5. The summed E-state index contributed by atoms with van der Waals surface area (Å²) in [5.74, 6) is 1.65. The molecular formula is C17H21N3O3. The second kappa shape index (κ2) is 6.83. The van der Waals surface area contributed by atoms with Gasteiger partial charge in [-0.2, -0.15) is 0 Å². The molecule has 1 aliphatic rings. The van der Waals surface area contributed by atoms with Crippen LogP contribution in [0.25, 0.3) is 11.3 Å². The zero-order valence-electron chi connectivity index (χ0n) is 13.1. The Morgan fingerprint density at radius 2 is 2.35 bits per heavy atom. The molecule has 0 saturated heterocycles. The molecule has 1 fully saturated rings. The first-order valence-corrected chi connectivity index (χ1v) is 7.80. The molecule has 0 spiro atoms. The van der Waals surface area contributed by atoms with Gasteiger partial charge in [0, 0.05) is 11.8 Å². The van der Waals surface area contributed by atoms with E-state index in [1.165, 1.54) is 25.7 Å². The molecule has 1 amide bonds. The van der Waals surface area contributed by atoms with E-state index in [0.717, 1.165) is 12.0 Å². The minimum Gasteiger partial charge on any atom is -0.496 e. The number of nitrogens with one attached hydrogen (secondary N) is 1. The van der Waals surface area contributed by atoms with Gasteiger partial charge in [0.25, 0.3) is 0 Å². The maximum absolute atomic E-state index is 12.2. The topological polar surface area (TPSA) is 90.4 Å². The molecule has 2 aromatic rings. The predicted molar refractivity (Wildman–Crippen MR) is 87.1 cm³/mol. The molecular weight excluding hydrogens is 294 g/mol. The first-order chi connectivity index (χ1) is 11.2.